The van der Waals surface area contributed by atoms with Crippen LogP contribution < -0.4 is 0 Å². The molecule has 0 saturated heterocycles. The monoisotopic (exact) mass is 986 g/mol. The highest BCUT2D eigenvalue weighted by atomic mass is 15.1. The predicted molar refractivity (Wildman–Crippen MR) is 312 cm³/mol. The van der Waals surface area contributed by atoms with Crippen molar-refractivity contribution in [3.63, 3.8) is 0 Å². The first-order chi connectivity index (χ1) is 37.9. The Morgan fingerprint density at radius 3 is 1.30 bits per heavy atom. The van der Waals surface area contributed by atoms with Gasteiger partial charge in [-0.1, -0.05) is 202 Å². The van der Waals surface area contributed by atoms with Gasteiger partial charge in [0, 0.05) is 66.0 Å². The number of hydrogen-bond acceptors (Lipinski definition) is 6. The van der Waals surface area contributed by atoms with Gasteiger partial charge in [-0.15, -0.1) is 0 Å². The van der Waals surface area contributed by atoms with Crippen molar-refractivity contribution >= 4 is 43.6 Å². The Labute approximate surface area is 444 Å². The maximum Gasteiger partial charge on any atom is 0.166 e. The number of rotatable bonds is 8. The van der Waals surface area contributed by atoms with Crippen LogP contribution in [0, 0.1) is 0 Å². The lowest BCUT2D eigenvalue weighted by Gasteiger charge is -2.24. The largest absolute Gasteiger partial charge is 0.309 e. The van der Waals surface area contributed by atoms with E-state index in [-0.39, 0.29) is 5.41 Å². The fourth-order valence-corrected chi connectivity index (χ4v) is 11.9. The molecule has 77 heavy (non-hydrogen) atoms. The molecule has 0 aliphatic heterocycles. The van der Waals surface area contributed by atoms with Crippen LogP contribution in [0.5, 0.6) is 0 Å². The summed E-state index contributed by atoms with van der Waals surface area (Å²) in [5.74, 6) is 3.38. The van der Waals surface area contributed by atoms with Crippen molar-refractivity contribution in [1.29, 1.82) is 0 Å². The lowest BCUT2D eigenvalue weighted by atomic mass is 9.80. The van der Waals surface area contributed by atoms with Gasteiger partial charge in [0.05, 0.1) is 27.8 Å². The number of para-hydroxylation sites is 3. The standard InChI is InChI=1S/C69H46N8/c1-69(2)56-35-18-15-30-48(56)51-33-21-34-52(62(51)69)67-72-65(45-26-11-5-12-27-45)71-66(75-67)46-38-39-59(55(40-46)68-73-63(43-22-7-3-8-23-43)70-64(74-68)44-24-9-4-10-25-44)77-58-37-20-17-32-50(58)54-41-60-53(42-61(54)77)49-31-16-19-36-57(49)76(60)47-28-13-6-14-29-47/h3-42H,1-2H3. The Morgan fingerprint density at radius 1 is 0.286 bits per heavy atom. The van der Waals surface area contributed by atoms with Crippen LogP contribution in [0.1, 0.15) is 25.0 Å². The van der Waals surface area contributed by atoms with Gasteiger partial charge in [-0.25, -0.2) is 29.9 Å². The van der Waals surface area contributed by atoms with Crippen molar-refractivity contribution in [2.24, 2.45) is 0 Å². The molecule has 1 aliphatic carbocycles. The topological polar surface area (TPSA) is 87.2 Å². The van der Waals surface area contributed by atoms with Gasteiger partial charge in [-0.2, -0.15) is 0 Å². The molecule has 0 radical (unpaired) electrons. The molecule has 0 unspecified atom stereocenters. The van der Waals surface area contributed by atoms with E-state index in [9.17, 15) is 0 Å². The molecule has 15 rings (SSSR count). The summed E-state index contributed by atoms with van der Waals surface area (Å²) in [7, 11) is 0. The van der Waals surface area contributed by atoms with Crippen molar-refractivity contribution in [1.82, 2.24) is 39.0 Å². The van der Waals surface area contributed by atoms with E-state index in [0.29, 0.717) is 34.9 Å². The molecular formula is C69H46N8. The van der Waals surface area contributed by atoms with Crippen molar-refractivity contribution in [2.45, 2.75) is 19.3 Å². The molecule has 14 aromatic rings. The molecular weight excluding hydrogens is 941 g/mol. The molecule has 0 N–H and O–H groups in total. The number of nitrogens with zero attached hydrogens (tertiary/aromatic N) is 8. The fourth-order valence-electron chi connectivity index (χ4n) is 11.9. The molecule has 0 spiro atoms. The average molecular weight is 987 g/mol. The second kappa shape index (κ2) is 17.5. The van der Waals surface area contributed by atoms with Crippen LogP contribution in [0.2, 0.25) is 0 Å². The number of benzene rings is 10. The first-order valence-corrected chi connectivity index (χ1v) is 26.0. The molecule has 0 fully saturated rings. The van der Waals surface area contributed by atoms with E-state index in [1.54, 1.807) is 0 Å². The van der Waals surface area contributed by atoms with E-state index in [0.717, 1.165) is 83.0 Å². The van der Waals surface area contributed by atoms with E-state index in [1.807, 2.05) is 78.9 Å². The Morgan fingerprint density at radius 2 is 0.714 bits per heavy atom. The highest BCUT2D eigenvalue weighted by Gasteiger charge is 2.38. The molecule has 0 bridgehead atoms. The Balaban J connectivity index is 1.02. The zero-order valence-corrected chi connectivity index (χ0v) is 42.2. The molecule has 362 valence electrons. The van der Waals surface area contributed by atoms with E-state index in [4.69, 9.17) is 29.9 Å². The third-order valence-corrected chi connectivity index (χ3v) is 15.4. The molecule has 10 aromatic carbocycles. The summed E-state index contributed by atoms with van der Waals surface area (Å²) in [4.78, 5) is 32.1. The maximum absolute atomic E-state index is 5.47. The van der Waals surface area contributed by atoms with Crippen molar-refractivity contribution in [3.05, 3.63) is 254 Å². The molecule has 1 aliphatic rings. The van der Waals surface area contributed by atoms with Gasteiger partial charge in [-0.05, 0) is 76.9 Å². The van der Waals surface area contributed by atoms with Crippen molar-refractivity contribution in [2.75, 3.05) is 0 Å². The van der Waals surface area contributed by atoms with Crippen molar-refractivity contribution < 1.29 is 0 Å². The maximum atomic E-state index is 5.47. The highest BCUT2D eigenvalue weighted by molar-refractivity contribution is 6.19. The smallest absolute Gasteiger partial charge is 0.166 e. The van der Waals surface area contributed by atoms with Gasteiger partial charge in [0.1, 0.15) is 0 Å². The summed E-state index contributed by atoms with van der Waals surface area (Å²) in [5.41, 5.74) is 16.2. The lowest BCUT2D eigenvalue weighted by molar-refractivity contribution is 0.661. The van der Waals surface area contributed by atoms with Gasteiger partial charge in [0.15, 0.2) is 34.9 Å². The molecule has 0 saturated carbocycles. The lowest BCUT2D eigenvalue weighted by Crippen LogP contribution is -2.17. The minimum atomic E-state index is -0.299. The molecule has 0 atom stereocenters. The SMILES string of the molecule is CC1(C)c2ccccc2-c2cccc(-c3nc(-c4ccccc4)nc(-c4ccc(-n5c6ccccc6c6cc7c(cc65)c5ccccc5n7-c5ccccc5)c(-c5nc(-c6ccccc6)nc(-c6ccccc6)n5)c4)n3)c21. The van der Waals surface area contributed by atoms with Crippen LogP contribution in [0.3, 0.4) is 0 Å². The Bertz CT molecular complexity index is 4580. The predicted octanol–water partition coefficient (Wildman–Crippen LogP) is 16.6. The summed E-state index contributed by atoms with van der Waals surface area (Å²) in [6.07, 6.45) is 0. The van der Waals surface area contributed by atoms with Gasteiger partial charge in [-0.3, -0.25) is 0 Å². The number of aromatic nitrogens is 8. The molecule has 0 amide bonds. The summed E-state index contributed by atoms with van der Waals surface area (Å²) in [6, 6.07) is 84.9. The second-order valence-electron chi connectivity index (χ2n) is 20.3. The highest BCUT2D eigenvalue weighted by Crippen LogP contribution is 2.52. The van der Waals surface area contributed by atoms with E-state index >= 15 is 0 Å². The first-order valence-electron chi connectivity index (χ1n) is 26.0. The zero-order valence-electron chi connectivity index (χ0n) is 42.2. The Hall–Kier alpha value is -10.2. The third-order valence-electron chi connectivity index (χ3n) is 15.4. The van der Waals surface area contributed by atoms with Crippen molar-refractivity contribution in [3.8, 4) is 90.8 Å². The molecule has 8 nitrogen and oxygen atoms in total. The van der Waals surface area contributed by atoms with Crippen LogP contribution in [0.25, 0.3) is 134 Å². The van der Waals surface area contributed by atoms with Gasteiger partial charge < -0.3 is 9.13 Å². The number of hydrogen-bond donors (Lipinski definition) is 0. The third kappa shape index (κ3) is 7.14. The van der Waals surface area contributed by atoms with Crippen LogP contribution in [0.15, 0.2) is 243 Å². The van der Waals surface area contributed by atoms with Crippen LogP contribution in [0.4, 0.5) is 0 Å². The summed E-state index contributed by atoms with van der Waals surface area (Å²) < 4.78 is 4.76. The van der Waals surface area contributed by atoms with Crippen LogP contribution >= 0.6 is 0 Å². The first kappa shape index (κ1) is 44.3. The molecule has 8 heteroatoms. The fraction of sp³-hybridized carbons (Fsp3) is 0.0435. The van der Waals surface area contributed by atoms with E-state index in [2.05, 4.69) is 187 Å². The minimum absolute atomic E-state index is 0.299. The van der Waals surface area contributed by atoms with Crippen LogP contribution in [-0.2, 0) is 5.41 Å². The quantitative estimate of drug-likeness (QED) is 0.151. The Kier molecular flexibility index (Phi) is 10.1. The summed E-state index contributed by atoms with van der Waals surface area (Å²) in [5, 5.41) is 4.59. The summed E-state index contributed by atoms with van der Waals surface area (Å²) in [6.45, 7) is 4.60. The normalized spacial score (nSPS) is 12.6. The zero-order chi connectivity index (χ0) is 51.2. The summed E-state index contributed by atoms with van der Waals surface area (Å²) >= 11 is 0. The molecule has 4 heterocycles. The average Bonchev–Trinajstić information content (AvgIpc) is 4.32. The van der Waals surface area contributed by atoms with Crippen LogP contribution in [-0.4, -0.2) is 39.0 Å². The van der Waals surface area contributed by atoms with Gasteiger partial charge in [0.2, 0.25) is 0 Å². The second-order valence-corrected chi connectivity index (χ2v) is 20.3. The van der Waals surface area contributed by atoms with E-state index < -0.39 is 0 Å². The number of fused-ring (bicyclic) bond motifs is 9. The molecule has 4 aromatic heterocycles. The van der Waals surface area contributed by atoms with Gasteiger partial charge in [0.25, 0.3) is 0 Å². The van der Waals surface area contributed by atoms with Gasteiger partial charge >= 0.3 is 0 Å². The van der Waals surface area contributed by atoms with E-state index in [1.165, 1.54) is 27.6 Å². The minimum Gasteiger partial charge on any atom is -0.309 e.